The van der Waals surface area contributed by atoms with Crippen molar-refractivity contribution in [2.75, 3.05) is 6.61 Å². The zero-order valence-electron chi connectivity index (χ0n) is 33.8. The van der Waals surface area contributed by atoms with E-state index in [1.807, 2.05) is 0 Å². The van der Waals surface area contributed by atoms with Gasteiger partial charge >= 0.3 is 0 Å². The lowest BCUT2D eigenvalue weighted by atomic mass is 9.32. The Morgan fingerprint density at radius 3 is 1.94 bits per heavy atom. The highest BCUT2D eigenvalue weighted by molar-refractivity contribution is 6.74. The van der Waals surface area contributed by atoms with Crippen LogP contribution in [0.3, 0.4) is 0 Å². The van der Waals surface area contributed by atoms with Gasteiger partial charge in [0.15, 0.2) is 16.6 Å². The van der Waals surface area contributed by atoms with Crippen molar-refractivity contribution in [2.45, 2.75) is 183 Å². The predicted molar refractivity (Wildman–Crippen MR) is 205 cm³/mol. The minimum Gasteiger partial charge on any atom is -0.416 e. The zero-order valence-corrected chi connectivity index (χ0v) is 35.8. The molecule has 5 aliphatic rings. The van der Waals surface area contributed by atoms with Crippen LogP contribution < -0.4 is 0 Å². The number of fused-ring (bicyclic) bond motifs is 7. The Bertz CT molecular complexity index is 1230. The molecule has 3 nitrogen and oxygen atoms in total. The SMILES string of the molecule is C=C(C)[C@@H]1CC[C@]2(C=O)CC[C@]3(C)C(CCC4[C@@]5(C)CC[C@H](O[Si](C)(C)C(C)(C)C)[C@@](C)(CO[Si](C)(C)C(C)(C)C)C5CC[C@]43C)C12. The Kier molecular flexibility index (Phi) is 9.41. The summed E-state index contributed by atoms with van der Waals surface area (Å²) in [7, 11) is -3.92. The number of carbonyl (C=O) groups is 1. The average molecular weight is 685 g/mol. The first-order valence-corrected chi connectivity index (χ1v) is 25.5. The Morgan fingerprint density at radius 2 is 1.38 bits per heavy atom. The summed E-state index contributed by atoms with van der Waals surface area (Å²) < 4.78 is 14.8. The van der Waals surface area contributed by atoms with Gasteiger partial charge in [0.05, 0.1) is 6.10 Å². The van der Waals surface area contributed by atoms with Crippen LogP contribution in [0.5, 0.6) is 0 Å². The molecule has 0 N–H and O–H groups in total. The standard InChI is InChI=1S/C42H76O3Si2/c1-29(2)30-19-24-42(27-43)26-25-40(11)31(35(30)42)17-18-33-38(9)22-21-34(45-47(15,16)37(6,7)8)39(10,32(38)20-23-41(33,40)12)28-44-46(13,14)36(3,4)5/h27,30-35H,1,17-26,28H2,2-16H3/t30-,31?,32?,33?,34-,35?,38-,39-,40+,41+,42+/m0/s1. The molecule has 5 fully saturated rings. The van der Waals surface area contributed by atoms with Gasteiger partial charge in [-0.05, 0) is 153 Å². The van der Waals surface area contributed by atoms with Gasteiger partial charge in [-0.3, -0.25) is 0 Å². The maximum Gasteiger partial charge on any atom is 0.192 e. The van der Waals surface area contributed by atoms with Gasteiger partial charge in [0.1, 0.15) is 6.29 Å². The van der Waals surface area contributed by atoms with E-state index in [9.17, 15) is 4.79 Å². The second-order valence-corrected chi connectivity index (χ2v) is 31.6. The molecule has 0 heterocycles. The molecule has 270 valence electrons. The molecule has 4 unspecified atom stereocenters. The number of carbonyl (C=O) groups excluding carboxylic acids is 1. The van der Waals surface area contributed by atoms with Crippen LogP contribution in [0.25, 0.3) is 0 Å². The van der Waals surface area contributed by atoms with Gasteiger partial charge in [0.2, 0.25) is 0 Å². The minimum absolute atomic E-state index is 0.00708. The van der Waals surface area contributed by atoms with Crippen LogP contribution in [0.1, 0.15) is 140 Å². The van der Waals surface area contributed by atoms with Gasteiger partial charge in [-0.15, -0.1) is 0 Å². The fourth-order valence-corrected chi connectivity index (χ4v) is 15.2. The topological polar surface area (TPSA) is 35.5 Å². The number of allylic oxidation sites excluding steroid dienone is 1. The lowest BCUT2D eigenvalue weighted by molar-refractivity contribution is -0.250. The monoisotopic (exact) mass is 685 g/mol. The number of aldehydes is 1. The fraction of sp³-hybridized carbons (Fsp3) is 0.929. The molecule has 5 heteroatoms. The van der Waals surface area contributed by atoms with Crippen LogP contribution in [0.2, 0.25) is 36.3 Å². The summed E-state index contributed by atoms with van der Waals surface area (Å²) in [5, 5.41) is 0.376. The molecule has 5 rings (SSSR count). The summed E-state index contributed by atoms with van der Waals surface area (Å²) >= 11 is 0. The molecule has 0 spiro atoms. The van der Waals surface area contributed by atoms with Crippen molar-refractivity contribution in [3.63, 3.8) is 0 Å². The van der Waals surface area contributed by atoms with Gasteiger partial charge < -0.3 is 13.6 Å². The summed E-state index contributed by atoms with van der Waals surface area (Å²) in [5.74, 6) is 2.91. The molecule has 0 radical (unpaired) electrons. The van der Waals surface area contributed by atoms with Crippen LogP contribution in [0.15, 0.2) is 12.2 Å². The third kappa shape index (κ3) is 5.54. The highest BCUT2D eigenvalue weighted by Crippen LogP contribution is 2.77. The van der Waals surface area contributed by atoms with Gasteiger partial charge in [0, 0.05) is 17.4 Å². The summed E-state index contributed by atoms with van der Waals surface area (Å²) in [6.45, 7) is 42.4. The van der Waals surface area contributed by atoms with Gasteiger partial charge in [-0.1, -0.05) is 81.4 Å². The maximum atomic E-state index is 12.9. The normalized spacial score (nSPS) is 45.8. The first-order valence-electron chi connectivity index (χ1n) is 19.7. The number of hydrogen-bond acceptors (Lipinski definition) is 3. The molecule has 47 heavy (non-hydrogen) atoms. The van der Waals surface area contributed by atoms with E-state index in [1.165, 1.54) is 50.4 Å². The van der Waals surface area contributed by atoms with Crippen molar-refractivity contribution < 1.29 is 13.6 Å². The molecule has 0 saturated heterocycles. The smallest absolute Gasteiger partial charge is 0.192 e. The van der Waals surface area contributed by atoms with E-state index in [1.54, 1.807) is 0 Å². The Hall–Kier alpha value is -0.236. The second kappa shape index (κ2) is 11.6. The quantitative estimate of drug-likeness (QED) is 0.152. The van der Waals surface area contributed by atoms with E-state index < -0.39 is 16.6 Å². The maximum absolute atomic E-state index is 12.9. The van der Waals surface area contributed by atoms with E-state index >= 15 is 0 Å². The molecule has 11 atom stereocenters. The Labute approximate surface area is 293 Å². The molecule has 5 aliphatic carbocycles. The molecule has 5 saturated carbocycles. The van der Waals surface area contributed by atoms with Crippen molar-refractivity contribution in [3.05, 3.63) is 12.2 Å². The van der Waals surface area contributed by atoms with Crippen LogP contribution in [0, 0.1) is 56.7 Å². The van der Waals surface area contributed by atoms with E-state index in [4.69, 9.17) is 8.85 Å². The number of hydrogen-bond donors (Lipinski definition) is 0. The van der Waals surface area contributed by atoms with Crippen molar-refractivity contribution >= 4 is 22.9 Å². The molecule has 0 bridgehead atoms. The fourth-order valence-electron chi connectivity index (χ4n) is 12.7. The van der Waals surface area contributed by atoms with Gasteiger partial charge in [-0.25, -0.2) is 0 Å². The highest BCUT2D eigenvalue weighted by atomic mass is 28.4. The Morgan fingerprint density at radius 1 is 0.766 bits per heavy atom. The molecule has 0 aromatic carbocycles. The van der Waals surface area contributed by atoms with Crippen LogP contribution in [0.4, 0.5) is 0 Å². The van der Waals surface area contributed by atoms with Crippen LogP contribution >= 0.6 is 0 Å². The molecular formula is C42H76O3Si2. The molecule has 0 aromatic heterocycles. The number of rotatable bonds is 7. The summed E-state index contributed by atoms with van der Waals surface area (Å²) in [4.78, 5) is 12.9. The van der Waals surface area contributed by atoms with E-state index in [2.05, 4.69) is 109 Å². The first kappa shape index (κ1) is 38.0. The van der Waals surface area contributed by atoms with Gasteiger partial charge in [-0.2, -0.15) is 0 Å². The first-order chi connectivity index (χ1) is 21.3. The largest absolute Gasteiger partial charge is 0.416 e. The van der Waals surface area contributed by atoms with E-state index in [0.717, 1.165) is 32.3 Å². The van der Waals surface area contributed by atoms with Crippen molar-refractivity contribution in [1.29, 1.82) is 0 Å². The van der Waals surface area contributed by atoms with Crippen molar-refractivity contribution in [2.24, 2.45) is 56.7 Å². The van der Waals surface area contributed by atoms with E-state index in [0.29, 0.717) is 29.6 Å². The summed E-state index contributed by atoms with van der Waals surface area (Å²) in [6, 6.07) is 0. The summed E-state index contributed by atoms with van der Waals surface area (Å²) in [5.41, 5.74) is 2.02. The molecule has 0 aromatic rings. The van der Waals surface area contributed by atoms with Crippen LogP contribution in [-0.4, -0.2) is 35.6 Å². The molecule has 0 amide bonds. The van der Waals surface area contributed by atoms with E-state index in [-0.39, 0.29) is 43.3 Å². The highest BCUT2D eigenvalue weighted by Gasteiger charge is 2.71. The second-order valence-electron chi connectivity index (χ2n) is 22.0. The van der Waals surface area contributed by atoms with Gasteiger partial charge in [0.25, 0.3) is 0 Å². The Balaban J connectivity index is 1.53. The predicted octanol–water partition coefficient (Wildman–Crippen LogP) is 12.2. The third-order valence-corrected chi connectivity index (χ3v) is 26.9. The third-order valence-electron chi connectivity index (χ3n) is 17.9. The minimum atomic E-state index is -1.98. The molecule has 0 aliphatic heterocycles. The average Bonchev–Trinajstić information content (AvgIpc) is 3.33. The van der Waals surface area contributed by atoms with Crippen molar-refractivity contribution in [1.82, 2.24) is 0 Å². The molecular weight excluding hydrogens is 609 g/mol. The summed E-state index contributed by atoms with van der Waals surface area (Å²) in [6.07, 6.45) is 13.8. The van der Waals surface area contributed by atoms with Crippen LogP contribution in [-0.2, 0) is 13.6 Å². The lowest BCUT2D eigenvalue weighted by Gasteiger charge is -2.73. The van der Waals surface area contributed by atoms with Crippen molar-refractivity contribution in [3.8, 4) is 0 Å². The zero-order chi connectivity index (χ0) is 35.4. The lowest BCUT2D eigenvalue weighted by Crippen LogP contribution is -2.68.